The minimum atomic E-state index is 0.726. The van der Waals surface area contributed by atoms with Crippen LogP contribution in [0.1, 0.15) is 22.3 Å². The van der Waals surface area contributed by atoms with Gasteiger partial charge >= 0.3 is 0 Å². The minimum Gasteiger partial charge on any atom is -0.457 e. The molecule has 0 unspecified atom stereocenters. The van der Waals surface area contributed by atoms with Crippen molar-refractivity contribution >= 4 is 18.8 Å². The van der Waals surface area contributed by atoms with Crippen molar-refractivity contribution in [1.82, 2.24) is 0 Å². The van der Waals surface area contributed by atoms with Crippen molar-refractivity contribution in [2.45, 2.75) is 13.8 Å². The molecule has 0 amide bonds. The quantitative estimate of drug-likeness (QED) is 0.774. The Morgan fingerprint density at radius 3 is 2.60 bits per heavy atom. The lowest BCUT2D eigenvalue weighted by Gasteiger charge is -2.12. The minimum absolute atomic E-state index is 0.726. The highest BCUT2D eigenvalue weighted by atomic mass is 16.5. The third kappa shape index (κ3) is 2.10. The molecule has 0 atom stereocenters. The van der Waals surface area contributed by atoms with Crippen LogP contribution >= 0.6 is 0 Å². The van der Waals surface area contributed by atoms with Gasteiger partial charge in [0.15, 0.2) is 7.28 Å². The SMILES string of the molecule is Cc1cc(Oc2cccc3c2C=C[B]3)cc(C)c1C#N. The van der Waals surface area contributed by atoms with Gasteiger partial charge in [-0.1, -0.05) is 23.7 Å². The first-order valence-electron chi connectivity index (χ1n) is 6.52. The summed E-state index contributed by atoms with van der Waals surface area (Å²) < 4.78 is 6.00. The summed E-state index contributed by atoms with van der Waals surface area (Å²) >= 11 is 0. The van der Waals surface area contributed by atoms with Gasteiger partial charge in [-0.25, -0.2) is 0 Å². The molecule has 1 heterocycles. The Balaban J connectivity index is 1.99. The number of ether oxygens (including phenoxy) is 1. The Bertz CT molecular complexity index is 733. The van der Waals surface area contributed by atoms with Crippen LogP contribution in [0.3, 0.4) is 0 Å². The third-order valence-electron chi connectivity index (χ3n) is 3.48. The Morgan fingerprint density at radius 1 is 1.15 bits per heavy atom. The van der Waals surface area contributed by atoms with E-state index in [9.17, 15) is 0 Å². The fourth-order valence-electron chi connectivity index (χ4n) is 2.51. The second-order valence-electron chi connectivity index (χ2n) is 4.93. The first-order chi connectivity index (χ1) is 9.69. The Labute approximate surface area is 119 Å². The summed E-state index contributed by atoms with van der Waals surface area (Å²) in [6, 6.07) is 12.1. The number of nitriles is 1. The molecule has 3 rings (SSSR count). The van der Waals surface area contributed by atoms with Crippen LogP contribution in [-0.4, -0.2) is 7.28 Å². The van der Waals surface area contributed by atoms with Crippen LogP contribution in [0.5, 0.6) is 11.5 Å². The van der Waals surface area contributed by atoms with Crippen LogP contribution in [-0.2, 0) is 0 Å². The summed E-state index contributed by atoms with van der Waals surface area (Å²) in [5.41, 5.74) is 4.88. The zero-order valence-electron chi connectivity index (χ0n) is 11.5. The first-order valence-corrected chi connectivity index (χ1v) is 6.52. The van der Waals surface area contributed by atoms with E-state index < -0.39 is 0 Å². The van der Waals surface area contributed by atoms with Gasteiger partial charge in [0.25, 0.3) is 0 Å². The molecule has 0 aromatic heterocycles. The van der Waals surface area contributed by atoms with Gasteiger partial charge in [0, 0.05) is 5.56 Å². The van der Waals surface area contributed by atoms with Gasteiger partial charge < -0.3 is 4.74 Å². The molecule has 1 radical (unpaired) electrons. The van der Waals surface area contributed by atoms with Crippen molar-refractivity contribution in [2.75, 3.05) is 0 Å². The van der Waals surface area contributed by atoms with Crippen LogP contribution in [0.25, 0.3) is 6.08 Å². The van der Waals surface area contributed by atoms with E-state index in [1.807, 2.05) is 50.2 Å². The van der Waals surface area contributed by atoms with E-state index in [0.717, 1.165) is 33.8 Å². The number of hydrogen-bond donors (Lipinski definition) is 0. The molecular weight excluding hydrogens is 245 g/mol. The van der Waals surface area contributed by atoms with Crippen molar-refractivity contribution in [2.24, 2.45) is 0 Å². The van der Waals surface area contributed by atoms with Crippen LogP contribution in [0.15, 0.2) is 36.3 Å². The summed E-state index contributed by atoms with van der Waals surface area (Å²) in [6.45, 7) is 3.86. The molecular formula is C17H13BNO. The van der Waals surface area contributed by atoms with Crippen molar-refractivity contribution in [3.8, 4) is 17.6 Å². The van der Waals surface area contributed by atoms with E-state index in [4.69, 9.17) is 10.00 Å². The molecule has 20 heavy (non-hydrogen) atoms. The molecule has 0 N–H and O–H groups in total. The molecule has 0 saturated heterocycles. The molecule has 2 aromatic rings. The standard InChI is InChI=1S/C17H13BNO/c1-11-8-13(9-12(2)15(11)10-19)20-17-5-3-4-16-14(17)6-7-18-16/h3-9H,1-2H3. The van der Waals surface area contributed by atoms with Gasteiger partial charge in [-0.2, -0.15) is 5.26 Å². The lowest BCUT2D eigenvalue weighted by Crippen LogP contribution is -2.11. The van der Waals surface area contributed by atoms with Gasteiger partial charge in [0.1, 0.15) is 11.5 Å². The third-order valence-corrected chi connectivity index (χ3v) is 3.48. The van der Waals surface area contributed by atoms with Crippen molar-refractivity contribution in [1.29, 1.82) is 5.26 Å². The van der Waals surface area contributed by atoms with Gasteiger partial charge in [-0.3, -0.25) is 0 Å². The van der Waals surface area contributed by atoms with E-state index in [2.05, 4.69) is 19.4 Å². The highest BCUT2D eigenvalue weighted by Gasteiger charge is 2.13. The number of aryl methyl sites for hydroxylation is 2. The van der Waals surface area contributed by atoms with E-state index in [1.165, 1.54) is 5.46 Å². The summed E-state index contributed by atoms with van der Waals surface area (Å²) in [5, 5.41) is 9.10. The smallest absolute Gasteiger partial charge is 0.182 e. The topological polar surface area (TPSA) is 33.0 Å². The molecule has 0 aliphatic carbocycles. The highest BCUT2D eigenvalue weighted by Crippen LogP contribution is 2.29. The largest absolute Gasteiger partial charge is 0.457 e. The summed E-state index contributed by atoms with van der Waals surface area (Å²) in [5.74, 6) is 3.64. The van der Waals surface area contributed by atoms with E-state index >= 15 is 0 Å². The second-order valence-corrected chi connectivity index (χ2v) is 4.93. The molecule has 95 valence electrons. The molecule has 1 aliphatic rings. The monoisotopic (exact) mass is 258 g/mol. The van der Waals surface area contributed by atoms with Gasteiger partial charge in [0.05, 0.1) is 11.6 Å². The van der Waals surface area contributed by atoms with Crippen LogP contribution in [0, 0.1) is 25.2 Å². The van der Waals surface area contributed by atoms with Crippen molar-refractivity contribution < 1.29 is 4.74 Å². The molecule has 0 spiro atoms. The number of fused-ring (bicyclic) bond motifs is 1. The lowest BCUT2D eigenvalue weighted by atomic mass is 9.73. The maximum atomic E-state index is 9.10. The molecule has 2 aromatic carbocycles. The lowest BCUT2D eigenvalue weighted by molar-refractivity contribution is 0.481. The fraction of sp³-hybridized carbons (Fsp3) is 0.118. The number of nitrogens with zero attached hydrogens (tertiary/aromatic N) is 1. The molecule has 0 bridgehead atoms. The van der Waals surface area contributed by atoms with Crippen LogP contribution < -0.4 is 10.2 Å². The first kappa shape index (κ1) is 12.6. The van der Waals surface area contributed by atoms with Gasteiger partial charge in [-0.15, -0.1) is 5.98 Å². The second kappa shape index (κ2) is 4.90. The number of hydrogen-bond acceptors (Lipinski definition) is 2. The molecule has 2 nitrogen and oxygen atoms in total. The van der Waals surface area contributed by atoms with Crippen LogP contribution in [0.4, 0.5) is 0 Å². The Hall–Kier alpha value is -2.47. The van der Waals surface area contributed by atoms with E-state index in [1.54, 1.807) is 0 Å². The van der Waals surface area contributed by atoms with Gasteiger partial charge in [0.2, 0.25) is 0 Å². The maximum Gasteiger partial charge on any atom is 0.182 e. The molecule has 0 fully saturated rings. The van der Waals surface area contributed by atoms with Crippen molar-refractivity contribution in [3.63, 3.8) is 0 Å². The maximum absolute atomic E-state index is 9.10. The van der Waals surface area contributed by atoms with Gasteiger partial charge in [-0.05, 0) is 43.2 Å². The molecule has 3 heteroatoms. The summed E-state index contributed by atoms with van der Waals surface area (Å²) in [7, 11) is 2.07. The number of benzene rings is 2. The number of rotatable bonds is 2. The normalized spacial score (nSPS) is 11.7. The average Bonchev–Trinajstić information content (AvgIpc) is 2.88. The predicted octanol–water partition coefficient (Wildman–Crippen LogP) is 3.28. The zero-order chi connectivity index (χ0) is 14.1. The average molecular weight is 258 g/mol. The Morgan fingerprint density at radius 2 is 1.90 bits per heavy atom. The van der Waals surface area contributed by atoms with Crippen molar-refractivity contribution in [3.05, 3.63) is 58.6 Å². The molecule has 1 aliphatic heterocycles. The summed E-state index contributed by atoms with van der Waals surface area (Å²) in [4.78, 5) is 0. The zero-order valence-corrected chi connectivity index (χ0v) is 11.5. The van der Waals surface area contributed by atoms with E-state index in [0.29, 0.717) is 0 Å². The predicted molar refractivity (Wildman–Crippen MR) is 81.6 cm³/mol. The van der Waals surface area contributed by atoms with E-state index in [-0.39, 0.29) is 0 Å². The fourth-order valence-corrected chi connectivity index (χ4v) is 2.51. The highest BCUT2D eigenvalue weighted by molar-refractivity contribution is 6.62. The molecule has 0 saturated carbocycles. The Kier molecular flexibility index (Phi) is 3.08. The van der Waals surface area contributed by atoms with Crippen LogP contribution in [0.2, 0.25) is 0 Å². The summed E-state index contributed by atoms with van der Waals surface area (Å²) in [6.07, 6.45) is 2.05.